The fourth-order valence-corrected chi connectivity index (χ4v) is 1.31. The van der Waals surface area contributed by atoms with Crippen LogP contribution in [0.2, 0.25) is 0 Å². The average Bonchev–Trinajstić information content (AvgIpc) is 2.25. The SMILES string of the molecule is C=CCNc1cc(C(C)C)nc(C(C)C)n1. The van der Waals surface area contributed by atoms with Gasteiger partial charge in [0, 0.05) is 24.2 Å². The fourth-order valence-electron chi connectivity index (χ4n) is 1.31. The molecule has 16 heavy (non-hydrogen) atoms. The Morgan fingerprint density at radius 1 is 1.25 bits per heavy atom. The van der Waals surface area contributed by atoms with Gasteiger partial charge in [-0.1, -0.05) is 33.8 Å². The van der Waals surface area contributed by atoms with E-state index in [4.69, 9.17) is 0 Å². The van der Waals surface area contributed by atoms with Gasteiger partial charge in [-0.05, 0) is 5.92 Å². The van der Waals surface area contributed by atoms with Gasteiger partial charge in [0.15, 0.2) is 0 Å². The molecule has 1 heterocycles. The van der Waals surface area contributed by atoms with Gasteiger partial charge in [0.25, 0.3) is 0 Å². The fraction of sp³-hybridized carbons (Fsp3) is 0.538. The van der Waals surface area contributed by atoms with Gasteiger partial charge < -0.3 is 5.32 Å². The van der Waals surface area contributed by atoms with Gasteiger partial charge >= 0.3 is 0 Å². The van der Waals surface area contributed by atoms with Crippen molar-refractivity contribution in [2.75, 3.05) is 11.9 Å². The van der Waals surface area contributed by atoms with Crippen molar-refractivity contribution < 1.29 is 0 Å². The molecule has 0 fully saturated rings. The highest BCUT2D eigenvalue weighted by Crippen LogP contribution is 2.19. The normalized spacial score (nSPS) is 10.9. The minimum Gasteiger partial charge on any atom is -0.366 e. The Hall–Kier alpha value is -1.38. The first-order valence-corrected chi connectivity index (χ1v) is 5.78. The number of aromatic nitrogens is 2. The second-order valence-electron chi connectivity index (χ2n) is 4.52. The second kappa shape index (κ2) is 5.64. The molecule has 0 atom stereocenters. The monoisotopic (exact) mass is 219 g/mol. The molecule has 0 spiro atoms. The molecule has 3 nitrogen and oxygen atoms in total. The predicted molar refractivity (Wildman–Crippen MR) is 68.9 cm³/mol. The first kappa shape index (κ1) is 12.7. The van der Waals surface area contributed by atoms with Gasteiger partial charge in [-0.25, -0.2) is 9.97 Å². The zero-order valence-electron chi connectivity index (χ0n) is 10.6. The first-order chi connectivity index (χ1) is 7.54. The Kier molecular flexibility index (Phi) is 4.47. The minimum atomic E-state index is 0.350. The van der Waals surface area contributed by atoms with Crippen LogP contribution in [-0.2, 0) is 0 Å². The first-order valence-electron chi connectivity index (χ1n) is 5.78. The van der Waals surface area contributed by atoms with E-state index in [1.165, 1.54) is 0 Å². The van der Waals surface area contributed by atoms with Crippen LogP contribution in [0.25, 0.3) is 0 Å². The molecular weight excluding hydrogens is 198 g/mol. The lowest BCUT2D eigenvalue weighted by Crippen LogP contribution is -2.08. The van der Waals surface area contributed by atoms with Gasteiger partial charge in [0.05, 0.1) is 0 Å². The van der Waals surface area contributed by atoms with E-state index in [0.717, 1.165) is 23.9 Å². The summed E-state index contributed by atoms with van der Waals surface area (Å²) >= 11 is 0. The third-order valence-corrected chi connectivity index (χ3v) is 2.30. The molecule has 0 aliphatic carbocycles. The summed E-state index contributed by atoms with van der Waals surface area (Å²) in [7, 11) is 0. The Morgan fingerprint density at radius 3 is 2.44 bits per heavy atom. The molecule has 88 valence electrons. The molecule has 0 radical (unpaired) electrons. The van der Waals surface area contributed by atoms with Crippen molar-refractivity contribution in [3.63, 3.8) is 0 Å². The summed E-state index contributed by atoms with van der Waals surface area (Å²) in [5.74, 6) is 2.56. The molecule has 0 aromatic carbocycles. The van der Waals surface area contributed by atoms with Crippen molar-refractivity contribution in [1.82, 2.24) is 9.97 Å². The average molecular weight is 219 g/mol. The van der Waals surface area contributed by atoms with E-state index in [1.54, 1.807) is 0 Å². The van der Waals surface area contributed by atoms with Crippen molar-refractivity contribution in [3.8, 4) is 0 Å². The van der Waals surface area contributed by atoms with E-state index in [0.29, 0.717) is 11.8 Å². The standard InChI is InChI=1S/C13H21N3/c1-6-7-14-12-8-11(9(2)3)15-13(16-12)10(4)5/h6,8-10H,1,7H2,2-5H3,(H,14,15,16). The van der Waals surface area contributed by atoms with Gasteiger partial charge in [-0.2, -0.15) is 0 Å². The van der Waals surface area contributed by atoms with E-state index in [1.807, 2.05) is 12.1 Å². The highest BCUT2D eigenvalue weighted by atomic mass is 15.0. The highest BCUT2D eigenvalue weighted by molar-refractivity contribution is 5.37. The molecule has 0 aliphatic heterocycles. The maximum atomic E-state index is 4.56. The van der Waals surface area contributed by atoms with E-state index in [9.17, 15) is 0 Å². The highest BCUT2D eigenvalue weighted by Gasteiger charge is 2.09. The quantitative estimate of drug-likeness (QED) is 0.772. The zero-order chi connectivity index (χ0) is 12.1. The van der Waals surface area contributed by atoms with Crippen LogP contribution >= 0.6 is 0 Å². The van der Waals surface area contributed by atoms with Gasteiger partial charge in [-0.15, -0.1) is 6.58 Å². The molecule has 1 aromatic rings. The van der Waals surface area contributed by atoms with Gasteiger partial charge in [-0.3, -0.25) is 0 Å². The lowest BCUT2D eigenvalue weighted by molar-refractivity contribution is 0.731. The van der Waals surface area contributed by atoms with Gasteiger partial charge in [0.2, 0.25) is 0 Å². The molecule has 0 saturated carbocycles. The number of rotatable bonds is 5. The summed E-state index contributed by atoms with van der Waals surface area (Å²) in [5, 5.41) is 3.22. The van der Waals surface area contributed by atoms with E-state index in [-0.39, 0.29) is 0 Å². The topological polar surface area (TPSA) is 37.8 Å². The summed E-state index contributed by atoms with van der Waals surface area (Å²) < 4.78 is 0. The van der Waals surface area contributed by atoms with Crippen LogP contribution in [0.4, 0.5) is 5.82 Å². The molecule has 1 rings (SSSR count). The van der Waals surface area contributed by atoms with E-state index >= 15 is 0 Å². The Balaban J connectivity index is 3.03. The zero-order valence-corrected chi connectivity index (χ0v) is 10.6. The van der Waals surface area contributed by atoms with Crippen molar-refractivity contribution in [1.29, 1.82) is 0 Å². The minimum absolute atomic E-state index is 0.350. The number of anilines is 1. The summed E-state index contributed by atoms with van der Waals surface area (Å²) in [6, 6.07) is 2.01. The summed E-state index contributed by atoms with van der Waals surface area (Å²) in [4.78, 5) is 9.05. The molecule has 0 unspecified atom stereocenters. The molecule has 3 heteroatoms. The predicted octanol–water partition coefficient (Wildman–Crippen LogP) is 3.32. The molecule has 0 aliphatic rings. The van der Waals surface area contributed by atoms with Crippen LogP contribution in [-0.4, -0.2) is 16.5 Å². The van der Waals surface area contributed by atoms with Crippen LogP contribution in [0, 0.1) is 0 Å². The summed E-state index contributed by atoms with van der Waals surface area (Å²) in [6.07, 6.45) is 1.83. The van der Waals surface area contributed by atoms with E-state index < -0.39 is 0 Å². The van der Waals surface area contributed by atoms with Crippen molar-refractivity contribution >= 4 is 5.82 Å². The van der Waals surface area contributed by atoms with Crippen LogP contribution in [0.3, 0.4) is 0 Å². The lowest BCUT2D eigenvalue weighted by atomic mass is 10.1. The molecule has 0 bridgehead atoms. The van der Waals surface area contributed by atoms with Gasteiger partial charge in [0.1, 0.15) is 11.6 Å². The van der Waals surface area contributed by atoms with Crippen LogP contribution in [0.1, 0.15) is 51.0 Å². The van der Waals surface area contributed by atoms with Crippen molar-refractivity contribution in [3.05, 3.63) is 30.2 Å². The molecule has 1 N–H and O–H groups in total. The van der Waals surface area contributed by atoms with Crippen molar-refractivity contribution in [2.45, 2.75) is 39.5 Å². The molecule has 0 amide bonds. The Labute approximate surface area is 98.0 Å². The number of hydrogen-bond donors (Lipinski definition) is 1. The second-order valence-corrected chi connectivity index (χ2v) is 4.52. The molecule has 0 saturated heterocycles. The maximum absolute atomic E-state index is 4.56. The third-order valence-electron chi connectivity index (χ3n) is 2.30. The number of nitrogens with one attached hydrogen (secondary N) is 1. The largest absolute Gasteiger partial charge is 0.366 e. The van der Waals surface area contributed by atoms with Crippen LogP contribution in [0.5, 0.6) is 0 Å². The Bertz CT molecular complexity index is 330. The maximum Gasteiger partial charge on any atom is 0.133 e. The summed E-state index contributed by atoms with van der Waals surface area (Å²) in [5.41, 5.74) is 1.09. The van der Waals surface area contributed by atoms with Crippen molar-refractivity contribution in [2.24, 2.45) is 0 Å². The molecular formula is C13H21N3. The van der Waals surface area contributed by atoms with E-state index in [2.05, 4.69) is 49.6 Å². The molecule has 1 aromatic heterocycles. The third kappa shape index (κ3) is 3.33. The van der Waals surface area contributed by atoms with Crippen LogP contribution < -0.4 is 5.32 Å². The number of nitrogens with zero attached hydrogens (tertiary/aromatic N) is 2. The Morgan fingerprint density at radius 2 is 1.94 bits per heavy atom. The smallest absolute Gasteiger partial charge is 0.133 e. The lowest BCUT2D eigenvalue weighted by Gasteiger charge is -2.12. The summed E-state index contributed by atoms with van der Waals surface area (Å²) in [6.45, 7) is 12.9. The van der Waals surface area contributed by atoms with Crippen LogP contribution in [0.15, 0.2) is 18.7 Å². The number of hydrogen-bond acceptors (Lipinski definition) is 3.